The van der Waals surface area contributed by atoms with Gasteiger partial charge in [0.2, 0.25) is 11.6 Å². The Balaban J connectivity index is 1.22. The molecule has 2 heterocycles. The lowest BCUT2D eigenvalue weighted by Gasteiger charge is -2.27. The van der Waals surface area contributed by atoms with Crippen LogP contribution in [0.15, 0.2) is 109 Å². The first kappa shape index (κ1) is 33.5. The van der Waals surface area contributed by atoms with E-state index in [2.05, 4.69) is 167 Å². The van der Waals surface area contributed by atoms with Crippen molar-refractivity contribution < 1.29 is 9.37 Å². The van der Waals surface area contributed by atoms with Crippen LogP contribution in [0.3, 0.4) is 0 Å². The summed E-state index contributed by atoms with van der Waals surface area (Å²) in [5.41, 5.74) is 7.76. The van der Waals surface area contributed by atoms with E-state index >= 15 is 0 Å². The number of fused-ring (bicyclic) bond motifs is 6. The molecule has 4 heteroatoms. The molecule has 0 aromatic heterocycles. The van der Waals surface area contributed by atoms with E-state index in [1.807, 2.05) is 0 Å². The molecule has 6 rings (SSSR count). The lowest BCUT2D eigenvalue weighted by atomic mass is 9.79. The van der Waals surface area contributed by atoms with E-state index in [9.17, 15) is 4.79 Å². The number of carbonyl (C=O) groups is 1. The van der Waals surface area contributed by atoms with E-state index in [1.54, 1.807) is 0 Å². The van der Waals surface area contributed by atoms with Gasteiger partial charge in [-0.15, -0.1) is 0 Å². The molecule has 0 radical (unpaired) electrons. The van der Waals surface area contributed by atoms with Crippen LogP contribution in [0.1, 0.15) is 78.4 Å². The molecule has 4 aromatic rings. The Labute approximate surface area is 287 Å². The number of unbranched alkanes of at least 4 members (excludes halogenated alkanes) is 2. The fraction of sp³-hybridized carbons (Fsp3) is 0.364. The number of carbonyl (C=O) groups excluding carboxylic acids is 1. The van der Waals surface area contributed by atoms with Gasteiger partial charge >= 0.3 is 0 Å². The van der Waals surface area contributed by atoms with Crippen LogP contribution in [0.5, 0.6) is 0 Å². The summed E-state index contributed by atoms with van der Waals surface area (Å²) in [4.78, 5) is 14.8. The van der Waals surface area contributed by atoms with Crippen molar-refractivity contribution >= 4 is 44.5 Å². The van der Waals surface area contributed by atoms with Gasteiger partial charge in [-0.05, 0) is 77.9 Å². The molecule has 4 aromatic carbocycles. The summed E-state index contributed by atoms with van der Waals surface area (Å²) in [6, 6.07) is 26.5. The zero-order valence-electron chi connectivity index (χ0n) is 29.9. The first-order chi connectivity index (χ1) is 23.0. The predicted octanol–water partition coefficient (Wildman–Crippen LogP) is 10.1. The van der Waals surface area contributed by atoms with Crippen LogP contribution in [-0.2, 0) is 15.6 Å². The Morgan fingerprint density at radius 1 is 0.792 bits per heavy atom. The smallest absolute Gasteiger partial charge is 0.220 e. The van der Waals surface area contributed by atoms with Crippen LogP contribution in [-0.4, -0.2) is 36.3 Å². The van der Waals surface area contributed by atoms with Crippen molar-refractivity contribution in [1.29, 1.82) is 0 Å². The van der Waals surface area contributed by atoms with E-state index in [0.29, 0.717) is 12.3 Å². The molecular formula is C44H52N3O+. The topological polar surface area (TPSA) is 35.4 Å². The molecule has 0 bridgehead atoms. The molecule has 1 N–H and O–H groups in total. The SMILES string of the molecule is CC(C)CNC(=O)CCCCCN1C(=CC=CC=CC2=[N+](C)c3ccc4ccccc4c3C2(C)C)C(C)(C)c2c1ccc1ccccc21. The number of allylic oxidation sites excluding steroid dienone is 6. The highest BCUT2D eigenvalue weighted by molar-refractivity contribution is 6.07. The molecule has 0 saturated heterocycles. The van der Waals surface area contributed by atoms with Crippen LogP contribution in [0.2, 0.25) is 0 Å². The molecule has 248 valence electrons. The largest absolute Gasteiger partial charge is 0.356 e. The molecule has 48 heavy (non-hydrogen) atoms. The molecule has 0 spiro atoms. The van der Waals surface area contributed by atoms with Crippen molar-refractivity contribution in [1.82, 2.24) is 5.32 Å². The summed E-state index contributed by atoms with van der Waals surface area (Å²) in [6.07, 6.45) is 14.8. The maximum atomic E-state index is 12.3. The Kier molecular flexibility index (Phi) is 9.47. The summed E-state index contributed by atoms with van der Waals surface area (Å²) in [7, 11) is 2.19. The average molecular weight is 639 g/mol. The summed E-state index contributed by atoms with van der Waals surface area (Å²) in [5.74, 6) is 0.648. The Morgan fingerprint density at radius 3 is 2.17 bits per heavy atom. The number of hydrogen-bond acceptors (Lipinski definition) is 2. The number of benzene rings is 4. The molecule has 4 nitrogen and oxygen atoms in total. The van der Waals surface area contributed by atoms with Crippen molar-refractivity contribution in [3.05, 3.63) is 120 Å². The lowest BCUT2D eigenvalue weighted by Crippen LogP contribution is -2.27. The second kappa shape index (κ2) is 13.6. The minimum Gasteiger partial charge on any atom is -0.356 e. The maximum Gasteiger partial charge on any atom is 0.220 e. The zero-order valence-corrected chi connectivity index (χ0v) is 29.9. The van der Waals surface area contributed by atoms with Crippen molar-refractivity contribution in [3.8, 4) is 0 Å². The van der Waals surface area contributed by atoms with Gasteiger partial charge in [-0.1, -0.05) is 107 Å². The van der Waals surface area contributed by atoms with Gasteiger partial charge in [-0.2, -0.15) is 4.58 Å². The van der Waals surface area contributed by atoms with Gasteiger partial charge in [0, 0.05) is 54.0 Å². The van der Waals surface area contributed by atoms with Gasteiger partial charge in [0.15, 0.2) is 5.71 Å². The predicted molar refractivity (Wildman–Crippen MR) is 205 cm³/mol. The Bertz CT molecular complexity index is 1970. The van der Waals surface area contributed by atoms with Crippen LogP contribution in [0.25, 0.3) is 21.5 Å². The van der Waals surface area contributed by atoms with Crippen molar-refractivity contribution in [2.45, 2.75) is 78.1 Å². The van der Waals surface area contributed by atoms with Crippen LogP contribution < -0.4 is 10.2 Å². The second-order valence-electron chi connectivity index (χ2n) is 15.0. The highest BCUT2D eigenvalue weighted by Crippen LogP contribution is 2.51. The third-order valence-electron chi connectivity index (χ3n) is 10.4. The molecule has 0 aliphatic carbocycles. The van der Waals surface area contributed by atoms with Gasteiger partial charge in [0.05, 0.1) is 5.41 Å². The molecular weight excluding hydrogens is 587 g/mol. The first-order valence-corrected chi connectivity index (χ1v) is 17.8. The number of amides is 1. The normalized spacial score (nSPS) is 17.5. The fourth-order valence-electron chi connectivity index (χ4n) is 7.97. The standard InChI is InChI=1S/C44H51N3O/c1-31(2)30-45-40(48)24-12-9-17-29-47-37-28-26-33-19-14-16-21-35(33)42(37)44(5,6)39(47)23-11-8-10-22-38-43(3,4)41-34-20-15-13-18-32(34)25-27-36(41)46(38)7/h8,10-11,13-16,18-23,25-28,31H,9,12,17,24,29-30H2,1-7H3/p+1. The molecule has 0 fully saturated rings. The van der Waals surface area contributed by atoms with Crippen molar-refractivity contribution in [3.63, 3.8) is 0 Å². The van der Waals surface area contributed by atoms with Gasteiger partial charge < -0.3 is 10.2 Å². The zero-order chi connectivity index (χ0) is 34.1. The monoisotopic (exact) mass is 638 g/mol. The second-order valence-corrected chi connectivity index (χ2v) is 15.0. The van der Waals surface area contributed by atoms with Crippen LogP contribution in [0.4, 0.5) is 11.4 Å². The number of anilines is 1. The van der Waals surface area contributed by atoms with Crippen LogP contribution >= 0.6 is 0 Å². The van der Waals surface area contributed by atoms with Gasteiger partial charge in [0.1, 0.15) is 7.05 Å². The number of rotatable bonds is 11. The third kappa shape index (κ3) is 6.25. The highest BCUT2D eigenvalue weighted by atomic mass is 16.1. The molecule has 0 atom stereocenters. The van der Waals surface area contributed by atoms with Gasteiger partial charge in [-0.25, -0.2) is 0 Å². The molecule has 0 unspecified atom stereocenters. The first-order valence-electron chi connectivity index (χ1n) is 17.8. The third-order valence-corrected chi connectivity index (χ3v) is 10.4. The number of nitrogens with zero attached hydrogens (tertiary/aromatic N) is 2. The average Bonchev–Trinajstić information content (AvgIpc) is 3.41. The minimum atomic E-state index is -0.147. The molecule has 2 aliphatic rings. The Morgan fingerprint density at radius 2 is 1.46 bits per heavy atom. The highest BCUT2D eigenvalue weighted by Gasteiger charge is 2.44. The van der Waals surface area contributed by atoms with Gasteiger partial charge in [0.25, 0.3) is 0 Å². The summed E-state index contributed by atoms with van der Waals surface area (Å²) in [6.45, 7) is 15.3. The van der Waals surface area contributed by atoms with Crippen molar-refractivity contribution in [2.24, 2.45) is 5.92 Å². The quantitative estimate of drug-likeness (QED) is 0.101. The van der Waals surface area contributed by atoms with Crippen LogP contribution in [0, 0.1) is 5.92 Å². The number of nitrogens with one attached hydrogen (secondary N) is 1. The van der Waals surface area contributed by atoms with Crippen molar-refractivity contribution in [2.75, 3.05) is 25.0 Å². The van der Waals surface area contributed by atoms with E-state index in [1.165, 1.54) is 55.5 Å². The van der Waals surface area contributed by atoms with Gasteiger partial charge in [-0.3, -0.25) is 4.79 Å². The summed E-state index contributed by atoms with van der Waals surface area (Å²) in [5, 5.41) is 8.29. The van der Waals surface area contributed by atoms with E-state index < -0.39 is 0 Å². The molecule has 2 aliphatic heterocycles. The minimum absolute atomic E-state index is 0.101. The number of hydrogen-bond donors (Lipinski definition) is 1. The molecule has 1 amide bonds. The summed E-state index contributed by atoms with van der Waals surface area (Å²) >= 11 is 0. The Hall–Kier alpha value is -4.44. The van der Waals surface area contributed by atoms with E-state index in [0.717, 1.165) is 32.4 Å². The summed E-state index contributed by atoms with van der Waals surface area (Å²) < 4.78 is 2.35. The van der Waals surface area contributed by atoms with E-state index in [-0.39, 0.29) is 16.7 Å². The molecule has 0 saturated carbocycles. The lowest BCUT2D eigenvalue weighted by molar-refractivity contribution is -0.401. The van der Waals surface area contributed by atoms with E-state index in [4.69, 9.17) is 0 Å². The maximum absolute atomic E-state index is 12.3. The fourth-order valence-corrected chi connectivity index (χ4v) is 7.97.